The molecule has 0 unspecified atom stereocenters. The Bertz CT molecular complexity index is 941. The van der Waals surface area contributed by atoms with E-state index < -0.39 is 11.9 Å². The number of halogens is 1. The van der Waals surface area contributed by atoms with Crippen LogP contribution >= 0.6 is 0 Å². The van der Waals surface area contributed by atoms with Gasteiger partial charge in [0, 0.05) is 36.3 Å². The molecule has 1 aliphatic heterocycles. The molecule has 1 heterocycles. The van der Waals surface area contributed by atoms with Crippen molar-refractivity contribution in [2.75, 3.05) is 19.6 Å². The minimum atomic E-state index is -0.539. The number of ketones is 1. The molecule has 6 heteroatoms. The molecule has 3 rings (SSSR count). The van der Waals surface area contributed by atoms with Crippen LogP contribution in [0.5, 0.6) is 0 Å². The second-order valence-corrected chi connectivity index (χ2v) is 6.92. The lowest BCUT2D eigenvalue weighted by Crippen LogP contribution is -2.57. The molecule has 1 atom stereocenters. The summed E-state index contributed by atoms with van der Waals surface area (Å²) in [5.41, 5.74) is 1.57. The van der Waals surface area contributed by atoms with E-state index in [2.05, 4.69) is 0 Å². The number of Topliss-reactive ketones (excluding diaryl/α,β-unsaturated/α-hetero) is 1. The molecule has 0 aliphatic carbocycles. The van der Waals surface area contributed by atoms with Crippen molar-refractivity contribution in [2.24, 2.45) is 0 Å². The Morgan fingerprint density at radius 2 is 1.86 bits per heavy atom. The van der Waals surface area contributed by atoms with Crippen molar-refractivity contribution < 1.29 is 18.8 Å². The molecule has 146 valence electrons. The average molecular weight is 382 g/mol. The van der Waals surface area contributed by atoms with Crippen molar-refractivity contribution in [3.63, 3.8) is 0 Å². The number of carbonyl (C=O) groups is 3. The number of rotatable bonds is 4. The Balaban J connectivity index is 1.92. The van der Waals surface area contributed by atoms with Gasteiger partial charge in [-0.05, 0) is 56.7 Å². The largest absolute Gasteiger partial charge is 0.339 e. The molecule has 1 saturated heterocycles. The van der Waals surface area contributed by atoms with Crippen molar-refractivity contribution in [1.29, 1.82) is 0 Å². The third kappa shape index (κ3) is 3.67. The number of nitrogens with zero attached hydrogens (tertiary/aromatic N) is 2. The molecular formula is C22H23FN2O3. The Morgan fingerprint density at radius 1 is 1.11 bits per heavy atom. The maximum absolute atomic E-state index is 14.3. The molecule has 0 radical (unpaired) electrons. The van der Waals surface area contributed by atoms with Gasteiger partial charge in [-0.2, -0.15) is 0 Å². The van der Waals surface area contributed by atoms with Crippen LogP contribution in [0.15, 0.2) is 42.5 Å². The van der Waals surface area contributed by atoms with E-state index in [4.69, 9.17) is 0 Å². The highest BCUT2D eigenvalue weighted by Gasteiger charge is 2.34. The van der Waals surface area contributed by atoms with Gasteiger partial charge in [-0.1, -0.05) is 12.1 Å². The highest BCUT2D eigenvalue weighted by Crippen LogP contribution is 2.26. The van der Waals surface area contributed by atoms with Crippen molar-refractivity contribution in [3.8, 4) is 11.1 Å². The first-order chi connectivity index (χ1) is 13.3. The second kappa shape index (κ2) is 7.92. The van der Waals surface area contributed by atoms with Gasteiger partial charge < -0.3 is 9.80 Å². The Kier molecular flexibility index (Phi) is 5.58. The molecule has 2 aromatic carbocycles. The van der Waals surface area contributed by atoms with Crippen LogP contribution in [0, 0.1) is 5.82 Å². The number of likely N-dealkylation sites (N-methyl/N-ethyl adjacent to an activating group) is 1. The first-order valence-corrected chi connectivity index (χ1v) is 9.34. The first kappa shape index (κ1) is 19.7. The zero-order valence-corrected chi connectivity index (χ0v) is 16.2. The van der Waals surface area contributed by atoms with Gasteiger partial charge in [-0.3, -0.25) is 14.4 Å². The van der Waals surface area contributed by atoms with E-state index in [1.54, 1.807) is 41.0 Å². The van der Waals surface area contributed by atoms with E-state index in [9.17, 15) is 18.8 Å². The number of hydrogen-bond donors (Lipinski definition) is 0. The number of carbonyl (C=O) groups excluding carboxylic acids is 3. The summed E-state index contributed by atoms with van der Waals surface area (Å²) >= 11 is 0. The van der Waals surface area contributed by atoms with Gasteiger partial charge >= 0.3 is 0 Å². The smallest absolute Gasteiger partial charge is 0.254 e. The predicted molar refractivity (Wildman–Crippen MR) is 105 cm³/mol. The van der Waals surface area contributed by atoms with Crippen LogP contribution in [0.1, 0.15) is 41.5 Å². The summed E-state index contributed by atoms with van der Waals surface area (Å²) in [6, 6.07) is 10.3. The van der Waals surface area contributed by atoms with Gasteiger partial charge in [-0.15, -0.1) is 0 Å². The minimum Gasteiger partial charge on any atom is -0.339 e. The summed E-state index contributed by atoms with van der Waals surface area (Å²) in [6.07, 6.45) is 0. The zero-order chi connectivity index (χ0) is 20.4. The highest BCUT2D eigenvalue weighted by atomic mass is 19.1. The topological polar surface area (TPSA) is 57.7 Å². The molecule has 0 bridgehead atoms. The van der Waals surface area contributed by atoms with E-state index in [0.717, 1.165) is 0 Å². The van der Waals surface area contributed by atoms with Crippen molar-refractivity contribution in [3.05, 3.63) is 59.4 Å². The Morgan fingerprint density at radius 3 is 2.54 bits per heavy atom. The first-order valence-electron chi connectivity index (χ1n) is 9.34. The van der Waals surface area contributed by atoms with Crippen LogP contribution in [0.3, 0.4) is 0 Å². The summed E-state index contributed by atoms with van der Waals surface area (Å²) in [5, 5.41) is 0. The van der Waals surface area contributed by atoms with Crippen LogP contribution < -0.4 is 0 Å². The predicted octanol–water partition coefficient (Wildman–Crippen LogP) is 3.39. The summed E-state index contributed by atoms with van der Waals surface area (Å²) in [4.78, 5) is 40.3. The van der Waals surface area contributed by atoms with Gasteiger partial charge in [0.1, 0.15) is 11.9 Å². The Hall–Kier alpha value is -3.02. The van der Waals surface area contributed by atoms with Crippen molar-refractivity contribution in [1.82, 2.24) is 9.80 Å². The lowest BCUT2D eigenvalue weighted by molar-refractivity contribution is -0.139. The van der Waals surface area contributed by atoms with Gasteiger partial charge in [0.05, 0.1) is 0 Å². The minimum absolute atomic E-state index is 0.0709. The molecule has 1 aliphatic rings. The van der Waals surface area contributed by atoms with E-state index in [1.165, 1.54) is 25.1 Å². The van der Waals surface area contributed by atoms with Crippen LogP contribution in [0.25, 0.3) is 11.1 Å². The van der Waals surface area contributed by atoms with Gasteiger partial charge in [-0.25, -0.2) is 4.39 Å². The fraction of sp³-hybridized carbons (Fsp3) is 0.318. The number of hydrogen-bond acceptors (Lipinski definition) is 3. The monoisotopic (exact) mass is 382 g/mol. The van der Waals surface area contributed by atoms with Crippen LogP contribution in [-0.2, 0) is 4.79 Å². The molecule has 1 fully saturated rings. The number of amides is 2. The lowest BCUT2D eigenvalue weighted by atomic mass is 9.98. The fourth-order valence-electron chi connectivity index (χ4n) is 3.47. The van der Waals surface area contributed by atoms with Gasteiger partial charge in [0.15, 0.2) is 5.78 Å². The van der Waals surface area contributed by atoms with Gasteiger partial charge in [0.25, 0.3) is 5.91 Å². The normalized spacial score (nSPS) is 17.0. The fourth-order valence-corrected chi connectivity index (χ4v) is 3.47. The molecule has 0 saturated carbocycles. The number of piperazine rings is 1. The van der Waals surface area contributed by atoms with Crippen LogP contribution in [0.2, 0.25) is 0 Å². The molecule has 0 spiro atoms. The van der Waals surface area contributed by atoms with Crippen molar-refractivity contribution in [2.45, 2.75) is 26.8 Å². The summed E-state index contributed by atoms with van der Waals surface area (Å²) in [5.74, 6) is -0.954. The van der Waals surface area contributed by atoms with E-state index in [1.807, 2.05) is 6.92 Å². The third-order valence-electron chi connectivity index (χ3n) is 5.18. The Labute approximate surface area is 163 Å². The van der Waals surface area contributed by atoms with Crippen LogP contribution in [-0.4, -0.2) is 53.1 Å². The van der Waals surface area contributed by atoms with E-state index >= 15 is 0 Å². The standard InChI is InChI=1S/C22H23FN2O3/c1-4-24-10-11-25(14(2)21(24)27)22(28)18-7-5-6-17(12-18)19-13-16(15(3)26)8-9-20(19)23/h5-9,12-14H,4,10-11H2,1-3H3/t14-/m0/s1. The molecule has 5 nitrogen and oxygen atoms in total. The quantitative estimate of drug-likeness (QED) is 0.762. The third-order valence-corrected chi connectivity index (χ3v) is 5.18. The molecule has 2 aromatic rings. The molecular weight excluding hydrogens is 359 g/mol. The highest BCUT2D eigenvalue weighted by molar-refractivity contribution is 5.99. The summed E-state index contributed by atoms with van der Waals surface area (Å²) in [6.45, 7) is 6.63. The second-order valence-electron chi connectivity index (χ2n) is 6.92. The maximum atomic E-state index is 14.3. The molecule has 0 aromatic heterocycles. The SMILES string of the molecule is CCN1CCN(C(=O)c2cccc(-c3cc(C(C)=O)ccc3F)c2)[C@@H](C)C1=O. The van der Waals surface area contributed by atoms with Crippen molar-refractivity contribution >= 4 is 17.6 Å². The lowest BCUT2D eigenvalue weighted by Gasteiger charge is -2.38. The molecule has 0 N–H and O–H groups in total. The van der Waals surface area contributed by atoms with Gasteiger partial charge in [0.2, 0.25) is 5.91 Å². The maximum Gasteiger partial charge on any atom is 0.254 e. The number of benzene rings is 2. The van der Waals surface area contributed by atoms with Crippen LogP contribution in [0.4, 0.5) is 4.39 Å². The molecule has 2 amide bonds. The average Bonchev–Trinajstić information content (AvgIpc) is 2.69. The molecule has 28 heavy (non-hydrogen) atoms. The zero-order valence-electron chi connectivity index (χ0n) is 16.2. The van der Waals surface area contributed by atoms with E-state index in [-0.39, 0.29) is 23.2 Å². The summed E-state index contributed by atoms with van der Waals surface area (Å²) in [7, 11) is 0. The van der Waals surface area contributed by atoms with E-state index in [0.29, 0.717) is 36.3 Å². The summed E-state index contributed by atoms with van der Waals surface area (Å²) < 4.78 is 14.3.